The van der Waals surface area contributed by atoms with Crippen molar-refractivity contribution in [2.24, 2.45) is 0 Å². The molecule has 0 unspecified atom stereocenters. The van der Waals surface area contributed by atoms with Crippen LogP contribution < -0.4 is 10.8 Å². The van der Waals surface area contributed by atoms with Crippen LogP contribution in [0, 0.1) is 6.92 Å². The highest BCUT2D eigenvalue weighted by molar-refractivity contribution is 6.62. The van der Waals surface area contributed by atoms with E-state index in [2.05, 4.69) is 10.3 Å². The summed E-state index contributed by atoms with van der Waals surface area (Å²) in [6.45, 7) is 12.3. The Balaban J connectivity index is 2.31. The van der Waals surface area contributed by atoms with Crippen LogP contribution in [0.2, 0.25) is 0 Å². The predicted molar refractivity (Wildman–Crippen MR) is 82.7 cm³/mol. The van der Waals surface area contributed by atoms with Crippen molar-refractivity contribution in [2.45, 2.75) is 52.7 Å². The van der Waals surface area contributed by atoms with Crippen LogP contribution >= 0.6 is 0 Å². The molecule has 0 aliphatic carbocycles. The van der Waals surface area contributed by atoms with Gasteiger partial charge in [-0.3, -0.25) is 9.78 Å². The molecule has 1 fully saturated rings. The summed E-state index contributed by atoms with van der Waals surface area (Å²) in [6, 6.07) is 1.80. The Hall–Kier alpha value is -1.40. The van der Waals surface area contributed by atoms with E-state index >= 15 is 0 Å². The van der Waals surface area contributed by atoms with E-state index in [1.54, 1.807) is 12.3 Å². The van der Waals surface area contributed by atoms with Gasteiger partial charge in [-0.15, -0.1) is 0 Å². The lowest BCUT2D eigenvalue weighted by atomic mass is 9.79. The number of aryl methyl sites for hydroxylation is 1. The summed E-state index contributed by atoms with van der Waals surface area (Å²) >= 11 is 0. The second-order valence-electron chi connectivity index (χ2n) is 6.35. The molecule has 0 saturated carbocycles. The maximum Gasteiger partial charge on any atom is 0.496 e. The van der Waals surface area contributed by atoms with E-state index in [9.17, 15) is 4.79 Å². The largest absolute Gasteiger partial charge is 0.496 e. The fraction of sp³-hybridized carbons (Fsp3) is 0.600. The minimum Gasteiger partial charge on any atom is -0.399 e. The Morgan fingerprint density at radius 1 is 1.29 bits per heavy atom. The van der Waals surface area contributed by atoms with E-state index in [4.69, 9.17) is 9.31 Å². The molecule has 1 aromatic rings. The Kier molecular flexibility index (Phi) is 4.13. The van der Waals surface area contributed by atoms with Gasteiger partial charge in [0.15, 0.2) is 0 Å². The average molecular weight is 290 g/mol. The maximum absolute atomic E-state index is 12.1. The van der Waals surface area contributed by atoms with E-state index in [1.165, 1.54) is 0 Å². The molecule has 0 aromatic carbocycles. The first kappa shape index (κ1) is 16.0. The van der Waals surface area contributed by atoms with Gasteiger partial charge in [-0.1, -0.05) is 0 Å². The molecule has 0 atom stereocenters. The standard InChI is InChI=1S/C15H23BN2O3/c1-7-17-13(19)12-8-11(9-18-10(12)2)16-20-14(3,4)15(5,6)21-16/h8-9H,7H2,1-6H3,(H,17,19). The lowest BCUT2D eigenvalue weighted by molar-refractivity contribution is 0.00578. The zero-order valence-electron chi connectivity index (χ0n) is 13.6. The van der Waals surface area contributed by atoms with Crippen LogP contribution in [0.5, 0.6) is 0 Å². The molecule has 0 radical (unpaired) electrons. The van der Waals surface area contributed by atoms with Gasteiger partial charge in [-0.05, 0) is 47.6 Å². The number of carbonyl (C=O) groups excluding carboxylic acids is 1. The second kappa shape index (κ2) is 5.42. The second-order valence-corrected chi connectivity index (χ2v) is 6.35. The molecule has 0 bridgehead atoms. The van der Waals surface area contributed by atoms with Crippen LogP contribution in [0.3, 0.4) is 0 Å². The normalized spacial score (nSPS) is 19.6. The summed E-state index contributed by atoms with van der Waals surface area (Å²) in [5.41, 5.74) is 1.20. The molecule has 1 saturated heterocycles. The number of nitrogens with one attached hydrogen (secondary N) is 1. The molecule has 5 nitrogen and oxygen atoms in total. The van der Waals surface area contributed by atoms with E-state index in [0.29, 0.717) is 17.8 Å². The lowest BCUT2D eigenvalue weighted by Gasteiger charge is -2.32. The minimum atomic E-state index is -0.503. The number of hydrogen-bond acceptors (Lipinski definition) is 4. The number of pyridine rings is 1. The molecule has 114 valence electrons. The Morgan fingerprint density at radius 3 is 2.38 bits per heavy atom. The van der Waals surface area contributed by atoms with Gasteiger partial charge in [0, 0.05) is 23.9 Å². The van der Waals surface area contributed by atoms with Gasteiger partial charge >= 0.3 is 7.12 Å². The number of amides is 1. The van der Waals surface area contributed by atoms with Crippen molar-refractivity contribution in [1.29, 1.82) is 0 Å². The monoisotopic (exact) mass is 290 g/mol. The van der Waals surface area contributed by atoms with Gasteiger partial charge in [0.2, 0.25) is 0 Å². The molecule has 2 rings (SSSR count). The fourth-order valence-electron chi connectivity index (χ4n) is 2.14. The topological polar surface area (TPSA) is 60.5 Å². The molecule has 2 heterocycles. The number of rotatable bonds is 3. The Labute approximate surface area is 126 Å². The summed E-state index contributed by atoms with van der Waals surface area (Å²) in [6.07, 6.45) is 1.71. The third-order valence-electron chi connectivity index (χ3n) is 4.22. The quantitative estimate of drug-likeness (QED) is 0.856. The lowest BCUT2D eigenvalue weighted by Crippen LogP contribution is -2.41. The number of carbonyl (C=O) groups is 1. The average Bonchev–Trinajstić information content (AvgIpc) is 2.59. The smallest absolute Gasteiger partial charge is 0.399 e. The molecule has 1 aliphatic rings. The molecule has 1 aromatic heterocycles. The van der Waals surface area contributed by atoms with Gasteiger partial charge in [-0.25, -0.2) is 0 Å². The van der Waals surface area contributed by atoms with Crippen LogP contribution in [0.25, 0.3) is 0 Å². The summed E-state index contributed by atoms with van der Waals surface area (Å²) in [4.78, 5) is 16.4. The van der Waals surface area contributed by atoms with Crippen LogP contribution in [0.4, 0.5) is 0 Å². The highest BCUT2D eigenvalue weighted by Gasteiger charge is 2.51. The summed E-state index contributed by atoms with van der Waals surface area (Å²) in [5, 5.41) is 2.79. The van der Waals surface area contributed by atoms with Crippen LogP contribution in [0.1, 0.15) is 50.7 Å². The fourth-order valence-corrected chi connectivity index (χ4v) is 2.14. The first-order chi connectivity index (χ1) is 9.68. The zero-order valence-corrected chi connectivity index (χ0v) is 13.6. The molecule has 1 amide bonds. The zero-order chi connectivity index (χ0) is 15.8. The van der Waals surface area contributed by atoms with Crippen molar-refractivity contribution in [3.63, 3.8) is 0 Å². The van der Waals surface area contributed by atoms with Crippen molar-refractivity contribution in [2.75, 3.05) is 6.54 Å². The molecule has 6 heteroatoms. The summed E-state index contributed by atoms with van der Waals surface area (Å²) < 4.78 is 12.0. The maximum atomic E-state index is 12.1. The van der Waals surface area contributed by atoms with Crippen molar-refractivity contribution >= 4 is 18.5 Å². The van der Waals surface area contributed by atoms with E-state index in [1.807, 2.05) is 41.5 Å². The highest BCUT2D eigenvalue weighted by atomic mass is 16.7. The molecular formula is C15H23BN2O3. The molecular weight excluding hydrogens is 267 g/mol. The van der Waals surface area contributed by atoms with Crippen LogP contribution in [-0.2, 0) is 9.31 Å². The van der Waals surface area contributed by atoms with Gasteiger partial charge in [0.25, 0.3) is 5.91 Å². The molecule has 1 N–H and O–H groups in total. The number of nitrogens with zero attached hydrogens (tertiary/aromatic N) is 1. The predicted octanol–water partition coefficient (Wildman–Crippen LogP) is 1.44. The minimum absolute atomic E-state index is 0.124. The molecule has 0 spiro atoms. The SMILES string of the molecule is CCNC(=O)c1cc(B2OC(C)(C)C(C)(C)O2)cnc1C. The Bertz CT molecular complexity index is 542. The highest BCUT2D eigenvalue weighted by Crippen LogP contribution is 2.36. The van der Waals surface area contributed by atoms with Crippen LogP contribution in [-0.4, -0.2) is 35.8 Å². The van der Waals surface area contributed by atoms with E-state index < -0.39 is 18.3 Å². The third-order valence-corrected chi connectivity index (χ3v) is 4.22. The molecule has 21 heavy (non-hydrogen) atoms. The Morgan fingerprint density at radius 2 is 1.86 bits per heavy atom. The third kappa shape index (κ3) is 2.96. The van der Waals surface area contributed by atoms with Gasteiger partial charge in [-0.2, -0.15) is 0 Å². The van der Waals surface area contributed by atoms with Crippen molar-refractivity contribution in [1.82, 2.24) is 10.3 Å². The van der Waals surface area contributed by atoms with Crippen molar-refractivity contribution in [3.05, 3.63) is 23.5 Å². The van der Waals surface area contributed by atoms with Crippen molar-refractivity contribution in [3.8, 4) is 0 Å². The number of hydrogen-bond donors (Lipinski definition) is 1. The number of aromatic nitrogens is 1. The summed E-state index contributed by atoms with van der Waals surface area (Å²) in [5.74, 6) is -0.124. The van der Waals surface area contributed by atoms with Gasteiger partial charge in [0.1, 0.15) is 0 Å². The van der Waals surface area contributed by atoms with Crippen LogP contribution in [0.15, 0.2) is 12.3 Å². The van der Waals surface area contributed by atoms with Gasteiger partial charge in [0.05, 0.1) is 16.8 Å². The first-order valence-electron chi connectivity index (χ1n) is 7.28. The van der Waals surface area contributed by atoms with E-state index in [0.717, 1.165) is 5.46 Å². The van der Waals surface area contributed by atoms with E-state index in [-0.39, 0.29) is 5.91 Å². The first-order valence-corrected chi connectivity index (χ1v) is 7.28. The van der Waals surface area contributed by atoms with Crippen molar-refractivity contribution < 1.29 is 14.1 Å². The summed E-state index contributed by atoms with van der Waals surface area (Å²) in [7, 11) is -0.503. The molecule has 1 aliphatic heterocycles. The van der Waals surface area contributed by atoms with Gasteiger partial charge < -0.3 is 14.6 Å².